The number of ether oxygens (including phenoxy) is 3. The first kappa shape index (κ1) is 19.5. The molecule has 148 valence electrons. The molecule has 1 atom stereocenters. The molecule has 0 saturated carbocycles. The van der Waals surface area contributed by atoms with Crippen LogP contribution in [-0.4, -0.2) is 31.2 Å². The number of esters is 1. The minimum absolute atomic E-state index is 0.297. The van der Waals surface area contributed by atoms with Crippen LogP contribution in [0.15, 0.2) is 42.5 Å². The van der Waals surface area contributed by atoms with Gasteiger partial charge in [-0.3, -0.25) is 4.79 Å². The van der Waals surface area contributed by atoms with Gasteiger partial charge in [0, 0.05) is 11.8 Å². The quantitative estimate of drug-likeness (QED) is 0.800. The molecule has 9 heteroatoms. The number of benzene rings is 2. The highest BCUT2D eigenvalue weighted by molar-refractivity contribution is 5.97. The van der Waals surface area contributed by atoms with E-state index < -0.39 is 29.7 Å². The molecular weight excluding hydrogens is 379 g/mol. The summed E-state index contributed by atoms with van der Waals surface area (Å²) in [5.74, 6) is -0.654. The van der Waals surface area contributed by atoms with E-state index in [-0.39, 0.29) is 5.56 Å². The minimum atomic E-state index is -4.59. The first-order valence-corrected chi connectivity index (χ1v) is 8.33. The van der Waals surface area contributed by atoms with Gasteiger partial charge in [0.25, 0.3) is 5.91 Å². The lowest BCUT2D eigenvalue weighted by Crippen LogP contribution is -2.30. The Balaban J connectivity index is 1.63. The van der Waals surface area contributed by atoms with Crippen molar-refractivity contribution in [1.82, 2.24) is 0 Å². The first-order chi connectivity index (χ1) is 13.2. The lowest BCUT2D eigenvalue weighted by Gasteiger charge is -2.19. The fraction of sp³-hybridized carbons (Fsp3) is 0.263. The fourth-order valence-electron chi connectivity index (χ4n) is 2.47. The van der Waals surface area contributed by atoms with Crippen LogP contribution in [0.25, 0.3) is 0 Å². The molecule has 2 aromatic carbocycles. The van der Waals surface area contributed by atoms with Crippen LogP contribution in [0.4, 0.5) is 18.9 Å². The van der Waals surface area contributed by atoms with E-state index in [9.17, 15) is 22.8 Å². The van der Waals surface area contributed by atoms with E-state index in [0.29, 0.717) is 36.5 Å². The van der Waals surface area contributed by atoms with Gasteiger partial charge in [0.2, 0.25) is 0 Å². The summed E-state index contributed by atoms with van der Waals surface area (Å²) in [6.07, 6.45) is -5.81. The summed E-state index contributed by atoms with van der Waals surface area (Å²) < 4.78 is 54.0. The van der Waals surface area contributed by atoms with Crippen LogP contribution < -0.4 is 14.8 Å². The molecule has 0 aromatic heterocycles. The van der Waals surface area contributed by atoms with Crippen LogP contribution in [0.5, 0.6) is 11.5 Å². The van der Waals surface area contributed by atoms with E-state index in [1.54, 1.807) is 18.2 Å². The molecule has 1 amide bonds. The van der Waals surface area contributed by atoms with Crippen LogP contribution in [0.1, 0.15) is 22.8 Å². The third-order valence-electron chi connectivity index (χ3n) is 3.89. The molecule has 2 aromatic rings. The van der Waals surface area contributed by atoms with Crippen LogP contribution in [0, 0.1) is 0 Å². The monoisotopic (exact) mass is 395 g/mol. The maximum atomic E-state index is 12.7. The van der Waals surface area contributed by atoms with E-state index in [4.69, 9.17) is 14.2 Å². The van der Waals surface area contributed by atoms with Crippen molar-refractivity contribution in [2.45, 2.75) is 19.2 Å². The van der Waals surface area contributed by atoms with Crippen molar-refractivity contribution in [2.24, 2.45) is 0 Å². The van der Waals surface area contributed by atoms with Crippen LogP contribution in [0.2, 0.25) is 0 Å². The Morgan fingerprint density at radius 1 is 1.07 bits per heavy atom. The number of hydrogen-bond donors (Lipinski definition) is 1. The Bertz CT molecular complexity index is 897. The van der Waals surface area contributed by atoms with Gasteiger partial charge in [0.15, 0.2) is 17.6 Å². The van der Waals surface area contributed by atoms with E-state index in [1.165, 1.54) is 13.0 Å². The van der Waals surface area contributed by atoms with Gasteiger partial charge in [-0.05, 0) is 37.3 Å². The number of fused-ring (bicyclic) bond motifs is 1. The van der Waals surface area contributed by atoms with Crippen molar-refractivity contribution in [3.05, 3.63) is 53.6 Å². The van der Waals surface area contributed by atoms with Crippen molar-refractivity contribution in [3.8, 4) is 11.5 Å². The average Bonchev–Trinajstić information content (AvgIpc) is 2.67. The second kappa shape index (κ2) is 7.79. The molecule has 0 saturated heterocycles. The lowest BCUT2D eigenvalue weighted by atomic mass is 10.1. The summed E-state index contributed by atoms with van der Waals surface area (Å²) >= 11 is 0. The van der Waals surface area contributed by atoms with E-state index in [1.807, 2.05) is 0 Å². The molecule has 1 N–H and O–H groups in total. The van der Waals surface area contributed by atoms with Gasteiger partial charge < -0.3 is 19.5 Å². The highest BCUT2D eigenvalue weighted by atomic mass is 19.4. The van der Waals surface area contributed by atoms with Crippen LogP contribution in [-0.2, 0) is 15.7 Å². The summed E-state index contributed by atoms with van der Waals surface area (Å²) in [5.41, 5.74) is -0.875. The number of nitrogens with one attached hydrogen (secondary N) is 1. The molecule has 28 heavy (non-hydrogen) atoms. The Kier molecular flexibility index (Phi) is 5.43. The predicted octanol–water partition coefficient (Wildman–Crippen LogP) is 3.66. The molecule has 0 aliphatic carbocycles. The number of hydrogen-bond acceptors (Lipinski definition) is 5. The Labute approximate surface area is 158 Å². The minimum Gasteiger partial charge on any atom is -0.486 e. The van der Waals surface area contributed by atoms with Crippen LogP contribution in [0.3, 0.4) is 0 Å². The molecule has 0 unspecified atom stereocenters. The number of rotatable bonds is 4. The summed E-state index contributed by atoms with van der Waals surface area (Å²) in [4.78, 5) is 24.3. The zero-order valence-corrected chi connectivity index (χ0v) is 14.7. The SMILES string of the molecule is C[C@H](OC(=O)c1cccc(C(F)(F)F)c1)C(=O)Nc1ccc2c(c1)OCCO2. The Hall–Kier alpha value is -3.23. The first-order valence-electron chi connectivity index (χ1n) is 8.33. The Morgan fingerprint density at radius 3 is 2.50 bits per heavy atom. The maximum Gasteiger partial charge on any atom is 0.416 e. The molecule has 0 spiro atoms. The van der Waals surface area contributed by atoms with Gasteiger partial charge in [0.05, 0.1) is 11.1 Å². The normalized spacial score (nSPS) is 14.1. The Morgan fingerprint density at radius 2 is 1.79 bits per heavy atom. The van der Waals surface area contributed by atoms with Gasteiger partial charge in [0.1, 0.15) is 13.2 Å². The standard InChI is InChI=1S/C19H16F3NO5/c1-11(28-18(25)12-3-2-4-13(9-12)19(20,21)22)17(24)23-14-5-6-15-16(10-14)27-8-7-26-15/h2-6,9-11H,7-8H2,1H3,(H,23,24)/t11-/m0/s1. The topological polar surface area (TPSA) is 73.9 Å². The molecule has 1 aliphatic rings. The molecule has 6 nitrogen and oxygen atoms in total. The molecule has 3 rings (SSSR count). The average molecular weight is 395 g/mol. The van der Waals surface area contributed by atoms with Gasteiger partial charge in [-0.25, -0.2) is 4.79 Å². The third kappa shape index (κ3) is 4.54. The maximum absolute atomic E-state index is 12.7. The fourth-order valence-corrected chi connectivity index (χ4v) is 2.47. The number of amides is 1. The van der Waals surface area contributed by atoms with Crippen molar-refractivity contribution in [3.63, 3.8) is 0 Å². The van der Waals surface area contributed by atoms with Crippen molar-refractivity contribution < 1.29 is 37.0 Å². The zero-order valence-electron chi connectivity index (χ0n) is 14.7. The van der Waals surface area contributed by atoms with E-state index in [0.717, 1.165) is 12.1 Å². The molecule has 0 radical (unpaired) electrons. The third-order valence-corrected chi connectivity index (χ3v) is 3.89. The molecule has 1 aliphatic heterocycles. The van der Waals surface area contributed by atoms with Gasteiger partial charge in [-0.15, -0.1) is 0 Å². The summed E-state index contributed by atoms with van der Waals surface area (Å²) in [7, 11) is 0. The van der Waals surface area contributed by atoms with Gasteiger partial charge in [-0.1, -0.05) is 6.07 Å². The molecule has 0 bridgehead atoms. The number of carbonyl (C=O) groups excluding carboxylic acids is 2. The van der Waals surface area contributed by atoms with E-state index in [2.05, 4.69) is 5.32 Å². The molecule has 0 fully saturated rings. The highest BCUT2D eigenvalue weighted by Crippen LogP contribution is 2.33. The second-order valence-corrected chi connectivity index (χ2v) is 5.97. The number of halogens is 3. The van der Waals surface area contributed by atoms with Gasteiger partial charge >= 0.3 is 12.1 Å². The summed E-state index contributed by atoms with van der Waals surface area (Å²) in [6.45, 7) is 2.13. The smallest absolute Gasteiger partial charge is 0.416 e. The lowest BCUT2D eigenvalue weighted by molar-refractivity contribution is -0.137. The summed E-state index contributed by atoms with van der Waals surface area (Å²) in [6, 6.07) is 8.58. The number of carbonyl (C=O) groups is 2. The summed E-state index contributed by atoms with van der Waals surface area (Å²) in [5, 5.41) is 2.55. The largest absolute Gasteiger partial charge is 0.486 e. The van der Waals surface area contributed by atoms with Crippen LogP contribution >= 0.6 is 0 Å². The van der Waals surface area contributed by atoms with Crippen molar-refractivity contribution >= 4 is 17.6 Å². The highest BCUT2D eigenvalue weighted by Gasteiger charge is 2.31. The number of anilines is 1. The predicted molar refractivity (Wildman–Crippen MR) is 92.4 cm³/mol. The molecular formula is C19H16F3NO5. The second-order valence-electron chi connectivity index (χ2n) is 5.97. The van der Waals surface area contributed by atoms with Crippen molar-refractivity contribution in [1.29, 1.82) is 0 Å². The number of alkyl halides is 3. The molecule has 1 heterocycles. The zero-order chi connectivity index (χ0) is 20.3. The van der Waals surface area contributed by atoms with Crippen molar-refractivity contribution in [2.75, 3.05) is 18.5 Å². The van der Waals surface area contributed by atoms with Gasteiger partial charge in [-0.2, -0.15) is 13.2 Å². The van der Waals surface area contributed by atoms with E-state index >= 15 is 0 Å².